The molecular weight excluding hydrogens is 323 g/mol. The molecule has 1 heterocycles. The lowest BCUT2D eigenvalue weighted by atomic mass is 10.0. The topological polar surface area (TPSA) is 71.5 Å². The maximum absolute atomic E-state index is 13.8. The molecule has 0 aliphatic rings. The Kier molecular flexibility index (Phi) is 4.52. The Labute approximate surface area is 144 Å². The number of aryl methyl sites for hydroxylation is 1. The summed E-state index contributed by atoms with van der Waals surface area (Å²) >= 11 is 0. The van der Waals surface area contributed by atoms with E-state index in [2.05, 4.69) is 10.3 Å². The Balaban J connectivity index is 2.17. The van der Waals surface area contributed by atoms with Crippen LogP contribution < -0.4 is 10.1 Å². The number of benzene rings is 2. The van der Waals surface area contributed by atoms with Gasteiger partial charge in [0.1, 0.15) is 11.6 Å². The molecule has 0 atom stereocenters. The lowest BCUT2D eigenvalue weighted by Crippen LogP contribution is -2.08. The number of halogens is 1. The highest BCUT2D eigenvalue weighted by molar-refractivity contribution is 5.96. The second-order valence-electron chi connectivity index (χ2n) is 5.64. The van der Waals surface area contributed by atoms with Crippen molar-refractivity contribution in [3.63, 3.8) is 0 Å². The number of aliphatic carboxylic acids is 1. The third kappa shape index (κ3) is 3.52. The number of ether oxygens (including phenoxy) is 1. The predicted octanol–water partition coefficient (Wildman–Crippen LogP) is 4.06. The van der Waals surface area contributed by atoms with E-state index in [1.54, 1.807) is 32.2 Å². The number of fused-ring (bicyclic) bond motifs is 1. The summed E-state index contributed by atoms with van der Waals surface area (Å²) in [6, 6.07) is 11.5. The van der Waals surface area contributed by atoms with Gasteiger partial charge in [-0.05, 0) is 49.4 Å². The molecule has 3 aromatic rings. The quantitative estimate of drug-likeness (QED) is 0.733. The van der Waals surface area contributed by atoms with Gasteiger partial charge in [-0.15, -0.1) is 0 Å². The SMILES string of the molecule is COc1ccc(Nc2c(CC(=O)O)c(C)nc3ccc(F)cc23)cc1. The summed E-state index contributed by atoms with van der Waals surface area (Å²) in [4.78, 5) is 15.7. The summed E-state index contributed by atoms with van der Waals surface area (Å²) in [5.41, 5.74) is 3.01. The zero-order valence-corrected chi connectivity index (χ0v) is 13.8. The normalized spacial score (nSPS) is 10.7. The smallest absolute Gasteiger partial charge is 0.307 e. The van der Waals surface area contributed by atoms with Crippen LogP contribution >= 0.6 is 0 Å². The zero-order valence-electron chi connectivity index (χ0n) is 13.8. The number of carbonyl (C=O) groups is 1. The number of carboxylic acid groups (broad SMARTS) is 1. The fourth-order valence-corrected chi connectivity index (χ4v) is 2.73. The molecule has 0 fully saturated rings. The summed E-state index contributed by atoms with van der Waals surface area (Å²) in [6.07, 6.45) is -0.205. The average molecular weight is 340 g/mol. The summed E-state index contributed by atoms with van der Waals surface area (Å²) in [6.45, 7) is 1.75. The van der Waals surface area contributed by atoms with Crippen molar-refractivity contribution in [2.45, 2.75) is 13.3 Å². The molecule has 3 rings (SSSR count). The number of nitrogens with zero attached hydrogens (tertiary/aromatic N) is 1. The molecule has 0 unspecified atom stereocenters. The molecule has 5 nitrogen and oxygen atoms in total. The van der Waals surface area contributed by atoms with Crippen molar-refractivity contribution >= 4 is 28.2 Å². The molecule has 0 aliphatic heterocycles. The van der Waals surface area contributed by atoms with Gasteiger partial charge in [0.15, 0.2) is 0 Å². The van der Waals surface area contributed by atoms with E-state index in [0.717, 1.165) is 5.69 Å². The van der Waals surface area contributed by atoms with Gasteiger partial charge in [0, 0.05) is 22.3 Å². The first-order valence-electron chi connectivity index (χ1n) is 7.69. The number of hydrogen-bond acceptors (Lipinski definition) is 4. The third-order valence-electron chi connectivity index (χ3n) is 3.94. The van der Waals surface area contributed by atoms with Gasteiger partial charge in [0.25, 0.3) is 0 Å². The van der Waals surface area contributed by atoms with Gasteiger partial charge in [-0.2, -0.15) is 0 Å². The summed E-state index contributed by atoms with van der Waals surface area (Å²) < 4.78 is 18.9. The number of aromatic nitrogens is 1. The highest BCUT2D eigenvalue weighted by Gasteiger charge is 2.16. The van der Waals surface area contributed by atoms with Crippen LogP contribution in [0.2, 0.25) is 0 Å². The van der Waals surface area contributed by atoms with E-state index >= 15 is 0 Å². The predicted molar refractivity (Wildman–Crippen MR) is 94.1 cm³/mol. The number of carboxylic acids is 1. The van der Waals surface area contributed by atoms with Crippen LogP contribution in [-0.4, -0.2) is 23.2 Å². The standard InChI is InChI=1S/C19H17FN2O3/c1-11-15(10-18(23)24)19(16-9-12(20)3-8-17(16)21-11)22-13-4-6-14(25-2)7-5-13/h3-9H,10H2,1-2H3,(H,21,22)(H,23,24). The summed E-state index contributed by atoms with van der Waals surface area (Å²) in [5.74, 6) is -0.672. The van der Waals surface area contributed by atoms with Crippen LogP contribution in [-0.2, 0) is 11.2 Å². The third-order valence-corrected chi connectivity index (χ3v) is 3.94. The van der Waals surface area contributed by atoms with Crippen molar-refractivity contribution in [3.8, 4) is 5.75 Å². The zero-order chi connectivity index (χ0) is 18.0. The molecule has 0 spiro atoms. The number of pyridine rings is 1. The molecule has 2 aromatic carbocycles. The summed E-state index contributed by atoms with van der Waals surface area (Å²) in [7, 11) is 1.58. The average Bonchev–Trinajstić information content (AvgIpc) is 2.59. The van der Waals surface area contributed by atoms with E-state index in [4.69, 9.17) is 4.74 Å². The molecule has 1 aromatic heterocycles. The van der Waals surface area contributed by atoms with Crippen LogP contribution in [0.4, 0.5) is 15.8 Å². The first kappa shape index (κ1) is 16.7. The molecule has 2 N–H and O–H groups in total. The monoisotopic (exact) mass is 340 g/mol. The van der Waals surface area contributed by atoms with E-state index in [1.165, 1.54) is 12.1 Å². The minimum atomic E-state index is -0.974. The Morgan fingerprint density at radius 1 is 1.24 bits per heavy atom. The van der Waals surface area contributed by atoms with E-state index in [9.17, 15) is 14.3 Å². The van der Waals surface area contributed by atoms with Crippen LogP contribution in [0.25, 0.3) is 10.9 Å². The summed E-state index contributed by atoms with van der Waals surface area (Å²) in [5, 5.41) is 13.0. The first-order valence-corrected chi connectivity index (χ1v) is 7.69. The van der Waals surface area contributed by atoms with E-state index < -0.39 is 11.8 Å². The van der Waals surface area contributed by atoms with Crippen LogP contribution in [0.15, 0.2) is 42.5 Å². The van der Waals surface area contributed by atoms with Gasteiger partial charge in [0.2, 0.25) is 0 Å². The lowest BCUT2D eigenvalue weighted by Gasteiger charge is -2.16. The Bertz CT molecular complexity index is 940. The van der Waals surface area contributed by atoms with E-state index in [-0.39, 0.29) is 6.42 Å². The second-order valence-corrected chi connectivity index (χ2v) is 5.64. The molecule has 0 aliphatic carbocycles. The molecular formula is C19H17FN2O3. The highest BCUT2D eigenvalue weighted by atomic mass is 19.1. The fourth-order valence-electron chi connectivity index (χ4n) is 2.73. The minimum absolute atomic E-state index is 0.205. The van der Waals surface area contributed by atoms with Gasteiger partial charge in [-0.25, -0.2) is 4.39 Å². The van der Waals surface area contributed by atoms with Crippen molar-refractivity contribution in [2.24, 2.45) is 0 Å². The van der Waals surface area contributed by atoms with Crippen molar-refractivity contribution in [1.82, 2.24) is 4.98 Å². The Morgan fingerprint density at radius 2 is 1.96 bits per heavy atom. The molecule has 0 radical (unpaired) electrons. The molecule has 0 saturated heterocycles. The second kappa shape index (κ2) is 6.76. The van der Waals surface area contributed by atoms with Gasteiger partial charge in [-0.3, -0.25) is 9.78 Å². The van der Waals surface area contributed by atoms with E-state index in [0.29, 0.717) is 33.6 Å². The molecule has 25 heavy (non-hydrogen) atoms. The number of nitrogens with one attached hydrogen (secondary N) is 1. The first-order chi connectivity index (χ1) is 12.0. The van der Waals surface area contributed by atoms with Gasteiger partial charge >= 0.3 is 5.97 Å². The maximum Gasteiger partial charge on any atom is 0.307 e. The van der Waals surface area contributed by atoms with Crippen molar-refractivity contribution < 1.29 is 19.0 Å². The largest absolute Gasteiger partial charge is 0.497 e. The van der Waals surface area contributed by atoms with Gasteiger partial charge < -0.3 is 15.2 Å². The molecule has 0 amide bonds. The Hall–Kier alpha value is -3.15. The number of methoxy groups -OCH3 is 1. The molecule has 128 valence electrons. The molecule has 0 bridgehead atoms. The highest BCUT2D eigenvalue weighted by Crippen LogP contribution is 2.32. The maximum atomic E-state index is 13.8. The van der Waals surface area contributed by atoms with E-state index in [1.807, 2.05) is 12.1 Å². The van der Waals surface area contributed by atoms with Crippen molar-refractivity contribution in [2.75, 3.05) is 12.4 Å². The molecule has 6 heteroatoms. The van der Waals surface area contributed by atoms with Gasteiger partial charge in [0.05, 0.1) is 24.7 Å². The van der Waals surface area contributed by atoms with Crippen molar-refractivity contribution in [3.05, 3.63) is 59.5 Å². The number of rotatable bonds is 5. The minimum Gasteiger partial charge on any atom is -0.497 e. The number of anilines is 2. The molecule has 0 saturated carbocycles. The van der Waals surface area contributed by atoms with Crippen LogP contribution in [0.3, 0.4) is 0 Å². The fraction of sp³-hybridized carbons (Fsp3) is 0.158. The number of hydrogen-bond donors (Lipinski definition) is 2. The van der Waals surface area contributed by atoms with Crippen LogP contribution in [0.5, 0.6) is 5.75 Å². The van der Waals surface area contributed by atoms with Gasteiger partial charge in [-0.1, -0.05) is 0 Å². The van der Waals surface area contributed by atoms with Crippen LogP contribution in [0, 0.1) is 12.7 Å². The van der Waals surface area contributed by atoms with Crippen LogP contribution in [0.1, 0.15) is 11.3 Å². The lowest BCUT2D eigenvalue weighted by molar-refractivity contribution is -0.136. The Morgan fingerprint density at radius 3 is 2.60 bits per heavy atom. The van der Waals surface area contributed by atoms with Crippen molar-refractivity contribution in [1.29, 1.82) is 0 Å².